The molecule has 2 aliphatic rings. The molecule has 2 aromatic rings. The summed E-state index contributed by atoms with van der Waals surface area (Å²) in [5, 5.41) is 10.8. The predicted molar refractivity (Wildman–Crippen MR) is 93.7 cm³/mol. The van der Waals surface area contributed by atoms with Crippen molar-refractivity contribution >= 4 is 0 Å². The molecule has 132 valence electrons. The van der Waals surface area contributed by atoms with E-state index >= 15 is 0 Å². The van der Waals surface area contributed by atoms with Crippen molar-refractivity contribution in [3.63, 3.8) is 0 Å². The van der Waals surface area contributed by atoms with Crippen LogP contribution in [0.15, 0.2) is 60.7 Å². The summed E-state index contributed by atoms with van der Waals surface area (Å²) < 4.78 is 18.4. The lowest BCUT2D eigenvalue weighted by atomic mass is 9.71. The van der Waals surface area contributed by atoms with Gasteiger partial charge in [0, 0.05) is 5.92 Å². The standard InChI is InChI=1S/C21H24O4/c1-14-17-18(24-20(2,3)23-17)19(22)25-21(14,15-10-6-4-7-11-15)16-12-8-5-9-13-16/h4-14,17-19,22H,1-3H3/t14-,17-,18-,19?/m1/s1. The van der Waals surface area contributed by atoms with Crippen LogP contribution in [0.2, 0.25) is 0 Å². The van der Waals surface area contributed by atoms with Crippen molar-refractivity contribution in [3.8, 4) is 0 Å². The Labute approximate surface area is 148 Å². The van der Waals surface area contributed by atoms with Crippen LogP contribution in [-0.4, -0.2) is 29.4 Å². The van der Waals surface area contributed by atoms with Gasteiger partial charge in [-0.3, -0.25) is 0 Å². The van der Waals surface area contributed by atoms with Crippen LogP contribution in [0.25, 0.3) is 0 Å². The van der Waals surface area contributed by atoms with E-state index in [0.29, 0.717) is 0 Å². The van der Waals surface area contributed by atoms with E-state index in [-0.39, 0.29) is 12.0 Å². The van der Waals surface area contributed by atoms with Gasteiger partial charge in [-0.2, -0.15) is 0 Å². The van der Waals surface area contributed by atoms with E-state index in [1.807, 2.05) is 74.5 Å². The van der Waals surface area contributed by atoms with Gasteiger partial charge in [0.05, 0.1) is 6.10 Å². The van der Waals surface area contributed by atoms with Crippen LogP contribution >= 0.6 is 0 Å². The van der Waals surface area contributed by atoms with Crippen molar-refractivity contribution in [2.45, 2.75) is 50.7 Å². The molecule has 4 heteroatoms. The van der Waals surface area contributed by atoms with Gasteiger partial charge in [0.25, 0.3) is 0 Å². The van der Waals surface area contributed by atoms with Crippen LogP contribution < -0.4 is 0 Å². The molecule has 1 N–H and O–H groups in total. The topological polar surface area (TPSA) is 47.9 Å². The first-order valence-electron chi connectivity index (χ1n) is 8.77. The van der Waals surface area contributed by atoms with E-state index in [2.05, 4.69) is 6.92 Å². The Morgan fingerprint density at radius 2 is 1.24 bits per heavy atom. The van der Waals surface area contributed by atoms with E-state index in [1.54, 1.807) is 0 Å². The molecule has 2 saturated heterocycles. The van der Waals surface area contributed by atoms with Crippen molar-refractivity contribution in [2.24, 2.45) is 5.92 Å². The fourth-order valence-electron chi connectivity index (χ4n) is 4.22. The highest BCUT2D eigenvalue weighted by Crippen LogP contribution is 2.51. The lowest BCUT2D eigenvalue weighted by Crippen LogP contribution is -2.58. The number of hydrogen-bond donors (Lipinski definition) is 1. The van der Waals surface area contributed by atoms with E-state index in [1.165, 1.54) is 0 Å². The third-order valence-corrected chi connectivity index (χ3v) is 5.29. The molecular weight excluding hydrogens is 316 g/mol. The second kappa shape index (κ2) is 5.92. The molecular formula is C21H24O4. The Morgan fingerprint density at radius 3 is 1.76 bits per heavy atom. The van der Waals surface area contributed by atoms with Crippen LogP contribution in [0.3, 0.4) is 0 Å². The van der Waals surface area contributed by atoms with Gasteiger partial charge in [0.1, 0.15) is 11.7 Å². The molecule has 0 spiro atoms. The molecule has 4 rings (SSSR count). The van der Waals surface area contributed by atoms with E-state index in [0.717, 1.165) is 11.1 Å². The molecule has 2 fully saturated rings. The number of hydrogen-bond acceptors (Lipinski definition) is 4. The number of aliphatic hydroxyl groups excluding tert-OH is 1. The number of fused-ring (bicyclic) bond motifs is 1. The van der Waals surface area contributed by atoms with Crippen LogP contribution in [0.5, 0.6) is 0 Å². The summed E-state index contributed by atoms with van der Waals surface area (Å²) in [5.41, 5.74) is 1.20. The summed E-state index contributed by atoms with van der Waals surface area (Å²) in [4.78, 5) is 0. The summed E-state index contributed by atoms with van der Waals surface area (Å²) in [5.74, 6) is -0.787. The summed E-state index contributed by atoms with van der Waals surface area (Å²) in [7, 11) is 0. The highest BCUT2D eigenvalue weighted by molar-refractivity contribution is 5.39. The average molecular weight is 340 g/mol. The van der Waals surface area contributed by atoms with Crippen LogP contribution in [-0.2, 0) is 19.8 Å². The van der Waals surface area contributed by atoms with Crippen molar-refractivity contribution in [2.75, 3.05) is 0 Å². The second-order valence-corrected chi connectivity index (χ2v) is 7.33. The van der Waals surface area contributed by atoms with Gasteiger partial charge in [-0.25, -0.2) is 0 Å². The molecule has 1 unspecified atom stereocenters. The summed E-state index contributed by atoms with van der Waals surface area (Å²) in [6, 6.07) is 20.1. The van der Waals surface area contributed by atoms with Crippen LogP contribution in [0.1, 0.15) is 31.9 Å². The van der Waals surface area contributed by atoms with Gasteiger partial charge >= 0.3 is 0 Å². The summed E-state index contributed by atoms with van der Waals surface area (Å²) in [6.07, 6.45) is -1.83. The Hall–Kier alpha value is -1.72. The van der Waals surface area contributed by atoms with Crippen LogP contribution in [0.4, 0.5) is 0 Å². The van der Waals surface area contributed by atoms with E-state index in [4.69, 9.17) is 14.2 Å². The fraction of sp³-hybridized carbons (Fsp3) is 0.429. The third-order valence-electron chi connectivity index (χ3n) is 5.29. The second-order valence-electron chi connectivity index (χ2n) is 7.33. The molecule has 25 heavy (non-hydrogen) atoms. The fourth-order valence-corrected chi connectivity index (χ4v) is 4.22. The molecule has 4 atom stereocenters. The minimum Gasteiger partial charge on any atom is -0.366 e. The molecule has 0 amide bonds. The van der Waals surface area contributed by atoms with Gasteiger partial charge in [-0.1, -0.05) is 67.6 Å². The lowest BCUT2D eigenvalue weighted by Gasteiger charge is -2.49. The first-order chi connectivity index (χ1) is 11.9. The van der Waals surface area contributed by atoms with E-state index < -0.39 is 23.8 Å². The minimum atomic E-state index is -1.07. The monoisotopic (exact) mass is 340 g/mol. The predicted octanol–water partition coefficient (Wildman–Crippen LogP) is 3.44. The zero-order valence-corrected chi connectivity index (χ0v) is 14.8. The molecule has 2 aliphatic heterocycles. The lowest BCUT2D eigenvalue weighted by molar-refractivity contribution is -0.275. The van der Waals surface area contributed by atoms with Crippen LogP contribution in [0, 0.1) is 5.92 Å². The molecule has 2 heterocycles. The van der Waals surface area contributed by atoms with Crippen molar-refractivity contribution < 1.29 is 19.3 Å². The zero-order valence-electron chi connectivity index (χ0n) is 14.8. The Bertz CT molecular complexity index is 689. The normalized spacial score (nSPS) is 33.0. The molecule has 0 bridgehead atoms. The van der Waals surface area contributed by atoms with Gasteiger partial charge in [0.15, 0.2) is 12.1 Å². The first kappa shape index (κ1) is 16.7. The number of rotatable bonds is 2. The van der Waals surface area contributed by atoms with Gasteiger partial charge in [0.2, 0.25) is 0 Å². The maximum atomic E-state index is 10.8. The zero-order chi connectivity index (χ0) is 17.7. The average Bonchev–Trinajstić information content (AvgIpc) is 2.96. The van der Waals surface area contributed by atoms with Gasteiger partial charge < -0.3 is 19.3 Å². The smallest absolute Gasteiger partial charge is 0.185 e. The molecule has 2 aromatic carbocycles. The Kier molecular flexibility index (Phi) is 3.96. The first-order valence-corrected chi connectivity index (χ1v) is 8.77. The Morgan fingerprint density at radius 1 is 0.760 bits per heavy atom. The molecule has 4 nitrogen and oxygen atoms in total. The van der Waals surface area contributed by atoms with Gasteiger partial charge in [-0.15, -0.1) is 0 Å². The summed E-state index contributed by atoms with van der Waals surface area (Å²) >= 11 is 0. The SMILES string of the molecule is C[C@@H]1[C@H]2OC(C)(C)O[C@H]2C(O)OC1(c1ccccc1)c1ccccc1. The quantitative estimate of drug-likeness (QED) is 0.910. The van der Waals surface area contributed by atoms with Gasteiger partial charge in [-0.05, 0) is 25.0 Å². The minimum absolute atomic E-state index is 0.0486. The van der Waals surface area contributed by atoms with E-state index in [9.17, 15) is 5.11 Å². The highest BCUT2D eigenvalue weighted by atomic mass is 16.8. The third kappa shape index (κ3) is 2.61. The number of aliphatic hydroxyl groups is 1. The maximum Gasteiger partial charge on any atom is 0.185 e. The molecule has 0 saturated carbocycles. The largest absolute Gasteiger partial charge is 0.366 e. The Balaban J connectivity index is 1.87. The molecule has 0 aliphatic carbocycles. The van der Waals surface area contributed by atoms with Crippen molar-refractivity contribution in [1.82, 2.24) is 0 Å². The maximum absolute atomic E-state index is 10.8. The highest BCUT2D eigenvalue weighted by Gasteiger charge is 2.60. The van der Waals surface area contributed by atoms with Crippen molar-refractivity contribution in [3.05, 3.63) is 71.8 Å². The molecule has 0 radical (unpaired) electrons. The summed E-state index contributed by atoms with van der Waals surface area (Å²) in [6.45, 7) is 5.85. The number of ether oxygens (including phenoxy) is 3. The molecule has 0 aromatic heterocycles. The van der Waals surface area contributed by atoms with Crippen molar-refractivity contribution in [1.29, 1.82) is 0 Å². The number of benzene rings is 2.